The molecule has 2 aromatic carbocycles. The molecule has 1 atom stereocenters. The van der Waals surface area contributed by atoms with Gasteiger partial charge in [0.2, 0.25) is 5.91 Å². The highest BCUT2D eigenvalue weighted by Gasteiger charge is 2.49. The number of aryl methyl sites for hydroxylation is 1. The van der Waals surface area contributed by atoms with Gasteiger partial charge in [-0.3, -0.25) is 14.5 Å². The lowest BCUT2D eigenvalue weighted by atomic mass is 9.90. The van der Waals surface area contributed by atoms with Crippen molar-refractivity contribution in [1.29, 1.82) is 0 Å². The summed E-state index contributed by atoms with van der Waals surface area (Å²) in [5.41, 5.74) is 2.11. The Morgan fingerprint density at radius 1 is 1.00 bits per heavy atom. The number of urea groups is 1. The van der Waals surface area contributed by atoms with E-state index in [-0.39, 0.29) is 18.4 Å². The second-order valence-corrected chi connectivity index (χ2v) is 9.41. The number of piperidine rings is 1. The van der Waals surface area contributed by atoms with Crippen molar-refractivity contribution in [2.75, 3.05) is 19.6 Å². The van der Waals surface area contributed by atoms with Crippen molar-refractivity contribution >= 4 is 17.8 Å². The van der Waals surface area contributed by atoms with Crippen molar-refractivity contribution in [2.24, 2.45) is 5.92 Å². The molecule has 2 aromatic rings. The van der Waals surface area contributed by atoms with E-state index < -0.39 is 11.6 Å². The normalized spacial score (nSPS) is 21.4. The number of rotatable bonds is 7. The molecule has 2 saturated heterocycles. The SMILES string of the molecule is CCCc1ccc(C2(C)NC(=O)N(CC(=O)N3CCC(Cc4ccccc4)CC3)C2=O)cc1. The van der Waals surface area contributed by atoms with E-state index in [4.69, 9.17) is 0 Å². The summed E-state index contributed by atoms with van der Waals surface area (Å²) in [5.74, 6) is 0.00870. The molecule has 6 nitrogen and oxygen atoms in total. The number of hydrogen-bond acceptors (Lipinski definition) is 3. The topological polar surface area (TPSA) is 69.7 Å². The molecule has 4 amide bonds. The first kappa shape index (κ1) is 23.0. The number of hydrogen-bond donors (Lipinski definition) is 1. The van der Waals surface area contributed by atoms with Crippen LogP contribution in [0, 0.1) is 5.92 Å². The molecule has 6 heteroatoms. The highest BCUT2D eigenvalue weighted by Crippen LogP contribution is 2.29. The largest absolute Gasteiger partial charge is 0.341 e. The van der Waals surface area contributed by atoms with Gasteiger partial charge in [0, 0.05) is 13.1 Å². The van der Waals surface area contributed by atoms with Gasteiger partial charge in [-0.05, 0) is 55.2 Å². The van der Waals surface area contributed by atoms with Gasteiger partial charge < -0.3 is 10.2 Å². The maximum atomic E-state index is 13.2. The summed E-state index contributed by atoms with van der Waals surface area (Å²) < 4.78 is 0. The lowest BCUT2D eigenvalue weighted by Gasteiger charge is -2.33. The molecule has 0 aliphatic carbocycles. The van der Waals surface area contributed by atoms with Crippen molar-refractivity contribution in [3.8, 4) is 0 Å². The van der Waals surface area contributed by atoms with E-state index in [2.05, 4.69) is 36.5 Å². The van der Waals surface area contributed by atoms with Crippen molar-refractivity contribution in [1.82, 2.24) is 15.1 Å². The van der Waals surface area contributed by atoms with Crippen LogP contribution >= 0.6 is 0 Å². The summed E-state index contributed by atoms with van der Waals surface area (Å²) in [6.07, 6.45) is 4.90. The van der Waals surface area contributed by atoms with E-state index in [1.165, 1.54) is 11.1 Å². The Labute approximate surface area is 196 Å². The Bertz CT molecular complexity index is 997. The quantitative estimate of drug-likeness (QED) is 0.655. The average molecular weight is 448 g/mol. The van der Waals surface area contributed by atoms with Crippen LogP contribution in [0.4, 0.5) is 4.79 Å². The minimum absolute atomic E-state index is 0.167. The number of imide groups is 1. The Morgan fingerprint density at radius 2 is 1.67 bits per heavy atom. The smallest absolute Gasteiger partial charge is 0.325 e. The predicted octanol–water partition coefficient (Wildman–Crippen LogP) is 3.89. The van der Waals surface area contributed by atoms with Gasteiger partial charge in [0.05, 0.1) is 0 Å². The van der Waals surface area contributed by atoms with Crippen LogP contribution in [0.3, 0.4) is 0 Å². The van der Waals surface area contributed by atoms with E-state index in [1.54, 1.807) is 11.8 Å². The molecule has 0 bridgehead atoms. The molecule has 0 aromatic heterocycles. The summed E-state index contributed by atoms with van der Waals surface area (Å²) in [5, 5.41) is 2.81. The zero-order valence-electron chi connectivity index (χ0n) is 19.5. The molecule has 1 unspecified atom stereocenters. The Morgan fingerprint density at radius 3 is 2.30 bits per heavy atom. The fraction of sp³-hybridized carbons (Fsp3) is 0.444. The lowest BCUT2D eigenvalue weighted by Crippen LogP contribution is -2.46. The fourth-order valence-corrected chi connectivity index (χ4v) is 4.90. The zero-order chi connectivity index (χ0) is 23.4. The molecule has 0 spiro atoms. The third-order valence-electron chi connectivity index (χ3n) is 6.97. The third kappa shape index (κ3) is 4.95. The Balaban J connectivity index is 1.34. The number of nitrogens with one attached hydrogen (secondary N) is 1. The predicted molar refractivity (Wildman–Crippen MR) is 127 cm³/mol. The standard InChI is InChI=1S/C27H33N3O3/c1-3-7-20-10-12-23(13-11-20)27(2)25(32)30(26(33)28-27)19-24(31)29-16-14-22(15-17-29)18-21-8-5-4-6-9-21/h4-6,8-13,22H,3,7,14-19H2,1-2H3,(H,28,33). The second-order valence-electron chi connectivity index (χ2n) is 9.41. The summed E-state index contributed by atoms with van der Waals surface area (Å²) >= 11 is 0. The van der Waals surface area contributed by atoms with Gasteiger partial charge in [-0.15, -0.1) is 0 Å². The molecule has 2 heterocycles. The van der Waals surface area contributed by atoms with Gasteiger partial charge in [0.25, 0.3) is 5.91 Å². The van der Waals surface area contributed by atoms with Gasteiger partial charge in [0.15, 0.2) is 0 Å². The van der Waals surface area contributed by atoms with E-state index in [0.29, 0.717) is 19.0 Å². The second kappa shape index (κ2) is 9.77. The number of likely N-dealkylation sites (tertiary alicyclic amines) is 1. The van der Waals surface area contributed by atoms with E-state index in [9.17, 15) is 14.4 Å². The summed E-state index contributed by atoms with van der Waals surface area (Å²) in [7, 11) is 0. The summed E-state index contributed by atoms with van der Waals surface area (Å²) in [6.45, 7) is 4.95. The van der Waals surface area contributed by atoms with Crippen LogP contribution in [0.5, 0.6) is 0 Å². The Hall–Kier alpha value is -3.15. The number of benzene rings is 2. The fourth-order valence-electron chi connectivity index (χ4n) is 4.90. The van der Waals surface area contributed by atoms with E-state index in [0.717, 1.165) is 42.6 Å². The molecule has 0 radical (unpaired) electrons. The molecule has 0 saturated carbocycles. The molecule has 33 heavy (non-hydrogen) atoms. The number of nitrogens with zero attached hydrogens (tertiary/aromatic N) is 2. The summed E-state index contributed by atoms with van der Waals surface area (Å²) in [4.78, 5) is 41.6. The third-order valence-corrected chi connectivity index (χ3v) is 6.97. The van der Waals surface area contributed by atoms with E-state index >= 15 is 0 Å². The molecule has 2 fully saturated rings. The minimum atomic E-state index is -1.15. The molecule has 1 N–H and O–H groups in total. The van der Waals surface area contributed by atoms with Gasteiger partial charge in [0.1, 0.15) is 12.1 Å². The van der Waals surface area contributed by atoms with Crippen molar-refractivity contribution in [3.63, 3.8) is 0 Å². The van der Waals surface area contributed by atoms with Crippen LogP contribution < -0.4 is 5.32 Å². The molecular formula is C27H33N3O3. The maximum absolute atomic E-state index is 13.2. The molecular weight excluding hydrogens is 414 g/mol. The minimum Gasteiger partial charge on any atom is -0.341 e. The van der Waals surface area contributed by atoms with Gasteiger partial charge in [-0.2, -0.15) is 0 Å². The van der Waals surface area contributed by atoms with Crippen LogP contribution in [0.1, 0.15) is 49.8 Å². The van der Waals surface area contributed by atoms with Crippen LogP contribution in [-0.2, 0) is 28.0 Å². The summed E-state index contributed by atoms with van der Waals surface area (Å²) in [6, 6.07) is 17.7. The average Bonchev–Trinajstić information content (AvgIpc) is 3.04. The van der Waals surface area contributed by atoms with Crippen LogP contribution in [0.25, 0.3) is 0 Å². The first-order valence-corrected chi connectivity index (χ1v) is 12.0. The van der Waals surface area contributed by atoms with E-state index in [1.807, 2.05) is 30.3 Å². The lowest BCUT2D eigenvalue weighted by molar-refractivity contribution is -0.139. The van der Waals surface area contributed by atoms with Crippen LogP contribution in [0.2, 0.25) is 0 Å². The van der Waals surface area contributed by atoms with Gasteiger partial charge >= 0.3 is 6.03 Å². The van der Waals surface area contributed by atoms with Crippen LogP contribution in [-0.4, -0.2) is 47.3 Å². The maximum Gasteiger partial charge on any atom is 0.325 e. The zero-order valence-corrected chi connectivity index (χ0v) is 19.5. The first-order chi connectivity index (χ1) is 15.9. The number of amides is 4. The van der Waals surface area contributed by atoms with Crippen molar-refractivity contribution in [3.05, 3.63) is 71.3 Å². The van der Waals surface area contributed by atoms with Gasteiger partial charge in [-0.1, -0.05) is 67.9 Å². The number of carbonyl (C=O) groups excluding carboxylic acids is 3. The molecule has 2 aliphatic rings. The van der Waals surface area contributed by atoms with Crippen molar-refractivity contribution in [2.45, 2.75) is 51.5 Å². The first-order valence-electron chi connectivity index (χ1n) is 12.0. The highest BCUT2D eigenvalue weighted by molar-refractivity contribution is 6.09. The molecule has 4 rings (SSSR count). The monoisotopic (exact) mass is 447 g/mol. The Kier molecular flexibility index (Phi) is 6.82. The van der Waals surface area contributed by atoms with Crippen molar-refractivity contribution < 1.29 is 14.4 Å². The molecule has 174 valence electrons. The molecule has 2 aliphatic heterocycles. The highest BCUT2D eigenvalue weighted by atomic mass is 16.2. The van der Waals surface area contributed by atoms with Gasteiger partial charge in [-0.25, -0.2) is 4.79 Å². The number of carbonyl (C=O) groups is 3. The van der Waals surface area contributed by atoms with Crippen LogP contribution in [0.15, 0.2) is 54.6 Å².